The second kappa shape index (κ2) is 7.45. The number of aliphatic hydroxyl groups is 1. The highest BCUT2D eigenvalue weighted by atomic mass is 79.9. The maximum Gasteiger partial charge on any atom is 0.251 e. The fraction of sp³-hybridized carbons (Fsp3) is 0.571. The highest BCUT2D eigenvalue weighted by molar-refractivity contribution is 9.10. The summed E-state index contributed by atoms with van der Waals surface area (Å²) in [6, 6.07) is 7.59. The van der Waals surface area contributed by atoms with E-state index in [2.05, 4.69) is 20.8 Å². The number of piperazine rings is 1. The van der Waals surface area contributed by atoms with Gasteiger partial charge in [0.25, 0.3) is 6.43 Å². The zero-order chi connectivity index (χ0) is 14.5. The van der Waals surface area contributed by atoms with Crippen molar-refractivity contribution < 1.29 is 13.9 Å². The van der Waals surface area contributed by atoms with Crippen molar-refractivity contribution in [3.05, 3.63) is 34.3 Å². The smallest absolute Gasteiger partial charge is 0.251 e. The summed E-state index contributed by atoms with van der Waals surface area (Å²) in [4.78, 5) is 3.89. The summed E-state index contributed by atoms with van der Waals surface area (Å²) < 4.78 is 25.5. The predicted molar refractivity (Wildman–Crippen MR) is 78.0 cm³/mol. The molecule has 20 heavy (non-hydrogen) atoms. The van der Waals surface area contributed by atoms with Crippen LogP contribution in [0.5, 0.6) is 0 Å². The molecule has 1 saturated heterocycles. The van der Waals surface area contributed by atoms with E-state index in [-0.39, 0.29) is 6.54 Å². The van der Waals surface area contributed by atoms with Crippen LogP contribution >= 0.6 is 15.9 Å². The fourth-order valence-corrected chi connectivity index (χ4v) is 2.65. The van der Waals surface area contributed by atoms with E-state index >= 15 is 0 Å². The molecule has 0 amide bonds. The quantitative estimate of drug-likeness (QED) is 0.884. The van der Waals surface area contributed by atoms with Gasteiger partial charge in [-0.05, 0) is 17.7 Å². The van der Waals surface area contributed by atoms with Crippen LogP contribution in [0.25, 0.3) is 0 Å². The summed E-state index contributed by atoms with van der Waals surface area (Å²) in [5.41, 5.74) is 0.878. The Balaban J connectivity index is 1.79. The largest absolute Gasteiger partial charge is 0.387 e. The van der Waals surface area contributed by atoms with E-state index in [1.54, 1.807) is 4.90 Å². The molecule has 0 bridgehead atoms. The molecule has 1 aromatic carbocycles. The first kappa shape index (κ1) is 15.8. The second-order valence-electron chi connectivity index (χ2n) is 5.06. The minimum atomic E-state index is -2.27. The van der Waals surface area contributed by atoms with E-state index in [0.717, 1.165) is 23.1 Å². The number of β-amino-alcohol motifs (C(OH)–C–C–N with tert-alkyl or cyclic N) is 1. The van der Waals surface area contributed by atoms with Gasteiger partial charge in [0, 0.05) is 37.2 Å². The van der Waals surface area contributed by atoms with Crippen molar-refractivity contribution in [2.24, 2.45) is 0 Å². The number of hydrogen-bond donors (Lipinski definition) is 1. The SMILES string of the molecule is OC(CN1CCN(CC(F)F)CC1)c1ccc(Br)cc1. The van der Waals surface area contributed by atoms with Gasteiger partial charge < -0.3 is 5.11 Å². The van der Waals surface area contributed by atoms with Gasteiger partial charge in [0.15, 0.2) is 0 Å². The lowest BCUT2D eigenvalue weighted by molar-refractivity contribution is 0.0385. The fourth-order valence-electron chi connectivity index (χ4n) is 2.38. The lowest BCUT2D eigenvalue weighted by atomic mass is 10.1. The summed E-state index contributed by atoms with van der Waals surface area (Å²) in [6.45, 7) is 3.11. The Hall–Kier alpha value is -0.560. The van der Waals surface area contributed by atoms with Gasteiger partial charge in [0.1, 0.15) is 0 Å². The number of benzene rings is 1. The summed E-state index contributed by atoms with van der Waals surface area (Å²) in [5, 5.41) is 10.2. The zero-order valence-corrected chi connectivity index (χ0v) is 12.8. The number of aliphatic hydroxyl groups excluding tert-OH is 1. The first-order chi connectivity index (χ1) is 9.54. The van der Waals surface area contributed by atoms with Crippen LogP contribution in [0.2, 0.25) is 0 Å². The van der Waals surface area contributed by atoms with Crippen LogP contribution in [-0.2, 0) is 0 Å². The number of halogens is 3. The molecule has 1 aliphatic rings. The van der Waals surface area contributed by atoms with E-state index in [4.69, 9.17) is 0 Å². The zero-order valence-electron chi connectivity index (χ0n) is 11.2. The Kier molecular flexibility index (Phi) is 5.89. The molecule has 1 unspecified atom stereocenters. The van der Waals surface area contributed by atoms with Crippen molar-refractivity contribution in [1.29, 1.82) is 0 Å². The van der Waals surface area contributed by atoms with Gasteiger partial charge in [0.2, 0.25) is 0 Å². The molecule has 3 nitrogen and oxygen atoms in total. The maximum atomic E-state index is 12.3. The minimum absolute atomic E-state index is 0.150. The van der Waals surface area contributed by atoms with Gasteiger partial charge >= 0.3 is 0 Å². The standard InChI is InChI=1S/C14H19BrF2N2O/c15-12-3-1-11(2-4-12)13(20)9-18-5-7-19(8-6-18)10-14(16)17/h1-4,13-14,20H,5-10H2. The van der Waals surface area contributed by atoms with Crippen LogP contribution in [0, 0.1) is 0 Å². The molecule has 2 rings (SSSR count). The molecular weight excluding hydrogens is 330 g/mol. The second-order valence-corrected chi connectivity index (χ2v) is 5.98. The third-order valence-electron chi connectivity index (χ3n) is 3.55. The van der Waals surface area contributed by atoms with Crippen molar-refractivity contribution in [2.45, 2.75) is 12.5 Å². The molecular formula is C14H19BrF2N2O. The number of alkyl halides is 2. The van der Waals surface area contributed by atoms with Crippen LogP contribution in [0.4, 0.5) is 8.78 Å². The van der Waals surface area contributed by atoms with Gasteiger partial charge in [-0.15, -0.1) is 0 Å². The first-order valence-corrected chi connectivity index (χ1v) is 7.50. The molecule has 0 aliphatic carbocycles. The molecule has 0 spiro atoms. The third kappa shape index (κ3) is 4.77. The Morgan fingerprint density at radius 3 is 2.00 bits per heavy atom. The topological polar surface area (TPSA) is 26.7 Å². The van der Waals surface area contributed by atoms with E-state index in [1.807, 2.05) is 24.3 Å². The van der Waals surface area contributed by atoms with Crippen molar-refractivity contribution in [3.63, 3.8) is 0 Å². The number of hydrogen-bond acceptors (Lipinski definition) is 3. The average molecular weight is 349 g/mol. The maximum absolute atomic E-state index is 12.3. The highest BCUT2D eigenvalue weighted by Crippen LogP contribution is 2.18. The van der Waals surface area contributed by atoms with Gasteiger partial charge in [-0.1, -0.05) is 28.1 Å². The molecule has 0 aromatic heterocycles. The monoisotopic (exact) mass is 348 g/mol. The molecule has 1 aliphatic heterocycles. The Bertz CT molecular complexity index is 408. The van der Waals surface area contributed by atoms with Gasteiger partial charge in [-0.3, -0.25) is 9.80 Å². The molecule has 1 heterocycles. The van der Waals surface area contributed by atoms with E-state index in [9.17, 15) is 13.9 Å². The first-order valence-electron chi connectivity index (χ1n) is 6.71. The van der Waals surface area contributed by atoms with E-state index in [1.165, 1.54) is 0 Å². The molecule has 0 saturated carbocycles. The summed E-state index contributed by atoms with van der Waals surface area (Å²) in [7, 11) is 0. The molecule has 0 radical (unpaired) electrons. The van der Waals surface area contributed by atoms with Crippen LogP contribution < -0.4 is 0 Å². The minimum Gasteiger partial charge on any atom is -0.387 e. The van der Waals surface area contributed by atoms with Gasteiger partial charge in [-0.2, -0.15) is 0 Å². The van der Waals surface area contributed by atoms with Crippen molar-refractivity contribution in [2.75, 3.05) is 39.3 Å². The van der Waals surface area contributed by atoms with Crippen LogP contribution in [0.1, 0.15) is 11.7 Å². The van der Waals surface area contributed by atoms with Crippen LogP contribution in [-0.4, -0.2) is 60.6 Å². The normalized spacial score (nSPS) is 19.4. The lowest BCUT2D eigenvalue weighted by Crippen LogP contribution is -2.48. The molecule has 1 N–H and O–H groups in total. The molecule has 1 atom stereocenters. The Labute approximate surface area is 126 Å². The van der Waals surface area contributed by atoms with Crippen molar-refractivity contribution in [1.82, 2.24) is 9.80 Å². The van der Waals surface area contributed by atoms with E-state index in [0.29, 0.717) is 19.6 Å². The summed E-state index contributed by atoms with van der Waals surface area (Å²) in [6.07, 6.45) is -2.81. The molecule has 1 aromatic rings. The van der Waals surface area contributed by atoms with Gasteiger partial charge in [0.05, 0.1) is 12.6 Å². The average Bonchev–Trinajstić information content (AvgIpc) is 2.41. The van der Waals surface area contributed by atoms with Crippen LogP contribution in [0.15, 0.2) is 28.7 Å². The van der Waals surface area contributed by atoms with Gasteiger partial charge in [-0.25, -0.2) is 8.78 Å². The molecule has 112 valence electrons. The summed E-state index contributed by atoms with van der Waals surface area (Å²) in [5.74, 6) is 0. The third-order valence-corrected chi connectivity index (χ3v) is 4.08. The van der Waals surface area contributed by atoms with Crippen molar-refractivity contribution in [3.8, 4) is 0 Å². The Morgan fingerprint density at radius 2 is 1.50 bits per heavy atom. The van der Waals surface area contributed by atoms with Crippen LogP contribution in [0.3, 0.4) is 0 Å². The van der Waals surface area contributed by atoms with Crippen molar-refractivity contribution >= 4 is 15.9 Å². The predicted octanol–water partition coefficient (Wildman–Crippen LogP) is 2.37. The molecule has 6 heteroatoms. The summed E-state index contributed by atoms with van der Waals surface area (Å²) >= 11 is 3.36. The number of rotatable bonds is 5. The lowest BCUT2D eigenvalue weighted by Gasteiger charge is -2.35. The number of nitrogens with zero attached hydrogens (tertiary/aromatic N) is 2. The highest BCUT2D eigenvalue weighted by Gasteiger charge is 2.21. The molecule has 1 fully saturated rings. The Morgan fingerprint density at radius 1 is 1.00 bits per heavy atom. The van der Waals surface area contributed by atoms with E-state index < -0.39 is 12.5 Å².